The van der Waals surface area contributed by atoms with Gasteiger partial charge in [-0.25, -0.2) is 4.39 Å². The predicted molar refractivity (Wildman–Crippen MR) is 89.1 cm³/mol. The minimum atomic E-state index is -0.422. The van der Waals surface area contributed by atoms with Crippen LogP contribution >= 0.6 is 11.8 Å². The van der Waals surface area contributed by atoms with Crippen LogP contribution in [0.15, 0.2) is 53.4 Å². The second-order valence-corrected chi connectivity index (χ2v) is 6.26. The Morgan fingerprint density at radius 2 is 1.78 bits per heavy atom. The molecule has 5 heteroatoms. The van der Waals surface area contributed by atoms with Crippen molar-refractivity contribution in [3.05, 3.63) is 75.9 Å². The highest BCUT2D eigenvalue weighted by molar-refractivity contribution is 8.18. The third kappa shape index (κ3) is 3.35. The smallest absolute Gasteiger partial charge is 0.268 e. The zero-order chi connectivity index (χ0) is 16.4. The SMILES string of the molecule is Cc1ccc(/C=C2/SC(=O)N(Cc3ccccc3F)C2=O)cc1. The average Bonchev–Trinajstić information content (AvgIpc) is 2.79. The lowest BCUT2D eigenvalue weighted by molar-refractivity contribution is -0.123. The summed E-state index contributed by atoms with van der Waals surface area (Å²) in [5.41, 5.74) is 2.30. The molecule has 23 heavy (non-hydrogen) atoms. The molecule has 2 aromatic rings. The van der Waals surface area contributed by atoms with E-state index >= 15 is 0 Å². The molecule has 0 unspecified atom stereocenters. The van der Waals surface area contributed by atoms with Crippen LogP contribution in [-0.4, -0.2) is 16.0 Å². The molecular weight excluding hydrogens is 313 g/mol. The van der Waals surface area contributed by atoms with Crippen LogP contribution in [0.1, 0.15) is 16.7 Å². The molecule has 1 aliphatic rings. The molecule has 1 aliphatic heterocycles. The largest absolute Gasteiger partial charge is 0.293 e. The lowest BCUT2D eigenvalue weighted by atomic mass is 10.1. The van der Waals surface area contributed by atoms with Crippen LogP contribution in [-0.2, 0) is 11.3 Å². The highest BCUT2D eigenvalue weighted by Crippen LogP contribution is 2.33. The van der Waals surface area contributed by atoms with Gasteiger partial charge in [0.2, 0.25) is 0 Å². The van der Waals surface area contributed by atoms with Gasteiger partial charge in [0.05, 0.1) is 11.4 Å². The Bertz CT molecular complexity index is 799. The fourth-order valence-electron chi connectivity index (χ4n) is 2.25. The number of imide groups is 1. The number of hydrogen-bond acceptors (Lipinski definition) is 3. The molecule has 0 spiro atoms. The minimum Gasteiger partial charge on any atom is -0.268 e. The number of hydrogen-bond donors (Lipinski definition) is 0. The molecule has 1 saturated heterocycles. The van der Waals surface area contributed by atoms with Crippen LogP contribution in [0.25, 0.3) is 6.08 Å². The second kappa shape index (κ2) is 6.38. The Kier molecular flexibility index (Phi) is 4.30. The maximum absolute atomic E-state index is 13.7. The van der Waals surface area contributed by atoms with Crippen molar-refractivity contribution in [1.29, 1.82) is 0 Å². The van der Waals surface area contributed by atoms with E-state index in [0.29, 0.717) is 10.5 Å². The van der Waals surface area contributed by atoms with E-state index in [1.807, 2.05) is 31.2 Å². The summed E-state index contributed by atoms with van der Waals surface area (Å²) in [6.45, 7) is 1.93. The molecule has 0 aromatic heterocycles. The van der Waals surface area contributed by atoms with Gasteiger partial charge in [0.15, 0.2) is 0 Å². The van der Waals surface area contributed by atoms with Gasteiger partial charge in [-0.3, -0.25) is 14.5 Å². The number of nitrogens with zero attached hydrogens (tertiary/aromatic N) is 1. The fourth-order valence-corrected chi connectivity index (χ4v) is 3.09. The molecule has 1 heterocycles. The van der Waals surface area contributed by atoms with Crippen molar-refractivity contribution in [3.63, 3.8) is 0 Å². The van der Waals surface area contributed by atoms with Crippen molar-refractivity contribution >= 4 is 29.0 Å². The Morgan fingerprint density at radius 3 is 2.48 bits per heavy atom. The molecule has 116 valence electrons. The van der Waals surface area contributed by atoms with Crippen molar-refractivity contribution in [2.24, 2.45) is 0 Å². The molecular formula is C18H14FNO2S. The van der Waals surface area contributed by atoms with Gasteiger partial charge in [0.25, 0.3) is 11.1 Å². The van der Waals surface area contributed by atoms with Crippen LogP contribution in [0.2, 0.25) is 0 Å². The summed E-state index contributed by atoms with van der Waals surface area (Å²) in [6, 6.07) is 13.8. The van der Waals surface area contributed by atoms with Crippen LogP contribution in [0.5, 0.6) is 0 Å². The van der Waals surface area contributed by atoms with Gasteiger partial charge >= 0.3 is 0 Å². The zero-order valence-electron chi connectivity index (χ0n) is 12.5. The fraction of sp³-hybridized carbons (Fsp3) is 0.111. The van der Waals surface area contributed by atoms with E-state index in [0.717, 1.165) is 27.8 Å². The van der Waals surface area contributed by atoms with Crippen LogP contribution in [0.3, 0.4) is 0 Å². The van der Waals surface area contributed by atoms with Crippen LogP contribution < -0.4 is 0 Å². The van der Waals surface area contributed by atoms with Crippen molar-refractivity contribution in [1.82, 2.24) is 4.90 Å². The first-order valence-corrected chi connectivity index (χ1v) is 7.92. The second-order valence-electron chi connectivity index (χ2n) is 5.27. The van der Waals surface area contributed by atoms with Gasteiger partial charge in [0.1, 0.15) is 5.82 Å². The number of benzene rings is 2. The summed E-state index contributed by atoms with van der Waals surface area (Å²) < 4.78 is 13.7. The van der Waals surface area contributed by atoms with Gasteiger partial charge < -0.3 is 0 Å². The van der Waals surface area contributed by atoms with Crippen LogP contribution in [0, 0.1) is 12.7 Å². The van der Waals surface area contributed by atoms with E-state index in [9.17, 15) is 14.0 Å². The first-order valence-electron chi connectivity index (χ1n) is 7.10. The number of carbonyl (C=O) groups is 2. The highest BCUT2D eigenvalue weighted by Gasteiger charge is 2.35. The summed E-state index contributed by atoms with van der Waals surface area (Å²) >= 11 is 0.882. The maximum Gasteiger partial charge on any atom is 0.293 e. The third-order valence-electron chi connectivity index (χ3n) is 3.53. The number of aryl methyl sites for hydroxylation is 1. The standard InChI is InChI=1S/C18H14FNO2S/c1-12-6-8-13(9-7-12)10-16-17(21)20(18(22)23-16)11-14-4-2-3-5-15(14)19/h2-10H,11H2,1H3/b16-10+. The number of carbonyl (C=O) groups excluding carboxylic acids is 2. The third-order valence-corrected chi connectivity index (χ3v) is 4.44. The lowest BCUT2D eigenvalue weighted by Gasteiger charge is -2.12. The Morgan fingerprint density at radius 1 is 1.09 bits per heavy atom. The normalized spacial score (nSPS) is 16.4. The van der Waals surface area contributed by atoms with E-state index in [2.05, 4.69) is 0 Å². The van der Waals surface area contributed by atoms with Gasteiger partial charge in [-0.1, -0.05) is 48.0 Å². The lowest BCUT2D eigenvalue weighted by Crippen LogP contribution is -2.27. The first kappa shape index (κ1) is 15.5. The number of thioether (sulfide) groups is 1. The molecule has 2 aromatic carbocycles. The molecule has 3 rings (SSSR count). The van der Waals surface area contributed by atoms with E-state index in [1.165, 1.54) is 6.07 Å². The highest BCUT2D eigenvalue weighted by atomic mass is 32.2. The summed E-state index contributed by atoms with van der Waals surface area (Å²) in [4.78, 5) is 25.9. The molecule has 0 aliphatic carbocycles. The molecule has 2 amide bonds. The quantitative estimate of drug-likeness (QED) is 0.786. The molecule has 0 N–H and O–H groups in total. The van der Waals surface area contributed by atoms with E-state index in [-0.39, 0.29) is 17.7 Å². The first-order chi connectivity index (χ1) is 11.0. The Labute approximate surface area is 137 Å². The van der Waals surface area contributed by atoms with Crippen molar-refractivity contribution in [2.75, 3.05) is 0 Å². The Hall–Kier alpha value is -2.40. The van der Waals surface area contributed by atoms with Gasteiger partial charge in [0, 0.05) is 5.56 Å². The molecule has 0 saturated carbocycles. The van der Waals surface area contributed by atoms with Gasteiger partial charge in [-0.15, -0.1) is 0 Å². The van der Waals surface area contributed by atoms with E-state index in [1.54, 1.807) is 24.3 Å². The van der Waals surface area contributed by atoms with Crippen molar-refractivity contribution in [3.8, 4) is 0 Å². The molecule has 1 fully saturated rings. The van der Waals surface area contributed by atoms with Gasteiger partial charge in [-0.2, -0.15) is 0 Å². The molecule has 0 radical (unpaired) electrons. The minimum absolute atomic E-state index is 0.0530. The predicted octanol–water partition coefficient (Wildman–Crippen LogP) is 4.37. The number of halogens is 1. The summed E-state index contributed by atoms with van der Waals surface area (Å²) in [7, 11) is 0. The summed E-state index contributed by atoms with van der Waals surface area (Å²) in [5.74, 6) is -0.808. The topological polar surface area (TPSA) is 37.4 Å². The molecule has 0 bridgehead atoms. The molecule has 0 atom stereocenters. The van der Waals surface area contributed by atoms with Crippen molar-refractivity contribution in [2.45, 2.75) is 13.5 Å². The van der Waals surface area contributed by atoms with Crippen molar-refractivity contribution < 1.29 is 14.0 Å². The maximum atomic E-state index is 13.7. The number of amides is 2. The summed E-state index contributed by atoms with van der Waals surface area (Å²) in [5, 5.41) is -0.378. The zero-order valence-corrected chi connectivity index (χ0v) is 13.3. The van der Waals surface area contributed by atoms with E-state index in [4.69, 9.17) is 0 Å². The molecule has 3 nitrogen and oxygen atoms in total. The van der Waals surface area contributed by atoms with Crippen LogP contribution in [0.4, 0.5) is 9.18 Å². The van der Waals surface area contributed by atoms with Gasteiger partial charge in [-0.05, 0) is 36.4 Å². The Balaban J connectivity index is 1.82. The van der Waals surface area contributed by atoms with E-state index < -0.39 is 5.82 Å². The average molecular weight is 327 g/mol. The number of rotatable bonds is 3. The summed E-state index contributed by atoms with van der Waals surface area (Å²) in [6.07, 6.45) is 1.69. The monoisotopic (exact) mass is 327 g/mol.